The topological polar surface area (TPSA) is 96.2 Å². The smallest absolute Gasteiger partial charge is 0.411 e. The van der Waals surface area contributed by atoms with Crippen LogP contribution in [0.25, 0.3) is 17.0 Å². The van der Waals surface area contributed by atoms with Gasteiger partial charge in [-0.15, -0.1) is 0 Å². The summed E-state index contributed by atoms with van der Waals surface area (Å²) in [7, 11) is 1.30. The molecule has 30 heavy (non-hydrogen) atoms. The van der Waals surface area contributed by atoms with Crippen LogP contribution < -0.4 is 10.6 Å². The highest BCUT2D eigenvalue weighted by molar-refractivity contribution is 5.96. The molecule has 0 fully saturated rings. The highest BCUT2D eigenvalue weighted by Gasteiger charge is 2.06. The molecular formula is C23H22N4O3. The second-order valence-corrected chi connectivity index (χ2v) is 6.57. The maximum atomic E-state index is 12.2. The molecule has 0 saturated heterocycles. The Bertz CT molecular complexity index is 1110. The van der Waals surface area contributed by atoms with Gasteiger partial charge in [-0.25, -0.2) is 4.79 Å². The number of carbonyl (C=O) groups excluding carboxylic acids is 2. The van der Waals surface area contributed by atoms with Crippen LogP contribution in [0.4, 0.5) is 10.5 Å². The summed E-state index contributed by atoms with van der Waals surface area (Å²) in [6.07, 6.45) is 5.14. The van der Waals surface area contributed by atoms with E-state index in [1.54, 1.807) is 18.2 Å². The molecule has 0 spiro atoms. The Morgan fingerprint density at radius 3 is 2.67 bits per heavy atom. The molecule has 0 unspecified atom stereocenters. The van der Waals surface area contributed by atoms with E-state index in [-0.39, 0.29) is 5.91 Å². The van der Waals surface area contributed by atoms with Gasteiger partial charge in [0.15, 0.2) is 0 Å². The first kappa shape index (κ1) is 20.7. The van der Waals surface area contributed by atoms with Crippen LogP contribution in [-0.4, -0.2) is 23.7 Å². The summed E-state index contributed by atoms with van der Waals surface area (Å²) in [6, 6.07) is 17.2. The predicted molar refractivity (Wildman–Crippen MR) is 116 cm³/mol. The third-order valence-electron chi connectivity index (χ3n) is 4.55. The number of anilines is 1. The predicted octanol–water partition coefficient (Wildman–Crippen LogP) is 4.06. The normalized spacial score (nSPS) is 10.7. The standard InChI is InChI=1S/C23H22N4O3/c1-30-23(29)26-19-10-7-17(8-11-19)15-25-22(28)12-9-18-16-27(14-4-13-24)21-6-3-2-5-20(18)21/h2-3,5-12,16H,4,14-15H2,1H3,(H,25,28)(H,26,29)/b12-9+. The number of hydrogen-bond acceptors (Lipinski definition) is 4. The molecule has 2 aromatic carbocycles. The molecule has 3 aromatic rings. The van der Waals surface area contributed by atoms with Crippen LogP contribution in [0.3, 0.4) is 0 Å². The first-order chi connectivity index (χ1) is 14.6. The second-order valence-electron chi connectivity index (χ2n) is 6.57. The van der Waals surface area contributed by atoms with E-state index in [1.165, 1.54) is 13.2 Å². The number of benzene rings is 2. The molecule has 3 rings (SSSR count). The molecule has 0 atom stereocenters. The summed E-state index contributed by atoms with van der Waals surface area (Å²) in [6.45, 7) is 0.976. The number of aromatic nitrogens is 1. The maximum Gasteiger partial charge on any atom is 0.411 e. The van der Waals surface area contributed by atoms with Crippen molar-refractivity contribution in [3.05, 3.63) is 71.9 Å². The molecule has 0 radical (unpaired) electrons. The SMILES string of the molecule is COC(=O)Nc1ccc(CNC(=O)/C=C/c2cn(CCC#N)c3ccccc23)cc1. The van der Waals surface area contributed by atoms with Crippen molar-refractivity contribution in [1.82, 2.24) is 9.88 Å². The Balaban J connectivity index is 1.61. The molecule has 0 aliphatic heterocycles. The number of nitrogens with one attached hydrogen (secondary N) is 2. The Kier molecular flexibility index (Phi) is 6.85. The van der Waals surface area contributed by atoms with Gasteiger partial charge in [-0.2, -0.15) is 5.26 Å². The number of para-hydroxylation sites is 1. The number of carbonyl (C=O) groups is 2. The van der Waals surface area contributed by atoms with Crippen molar-refractivity contribution in [2.45, 2.75) is 19.5 Å². The van der Waals surface area contributed by atoms with Crippen LogP contribution >= 0.6 is 0 Å². The van der Waals surface area contributed by atoms with Crippen molar-refractivity contribution < 1.29 is 14.3 Å². The Morgan fingerprint density at radius 2 is 1.93 bits per heavy atom. The molecule has 0 saturated carbocycles. The van der Waals surface area contributed by atoms with Crippen LogP contribution in [0.5, 0.6) is 0 Å². The molecule has 152 valence electrons. The van der Waals surface area contributed by atoms with Crippen molar-refractivity contribution in [2.75, 3.05) is 12.4 Å². The summed E-state index contributed by atoms with van der Waals surface area (Å²) in [5.74, 6) is -0.208. The van der Waals surface area contributed by atoms with Crippen LogP contribution in [0.15, 0.2) is 60.8 Å². The monoisotopic (exact) mass is 402 g/mol. The van der Waals surface area contributed by atoms with Crippen molar-refractivity contribution in [3.8, 4) is 6.07 Å². The van der Waals surface area contributed by atoms with Gasteiger partial charge in [0.25, 0.3) is 0 Å². The Morgan fingerprint density at radius 1 is 1.17 bits per heavy atom. The number of nitrogens with zero attached hydrogens (tertiary/aromatic N) is 2. The van der Waals surface area contributed by atoms with E-state index in [4.69, 9.17) is 5.26 Å². The fourth-order valence-electron chi connectivity index (χ4n) is 3.05. The lowest BCUT2D eigenvalue weighted by molar-refractivity contribution is -0.116. The summed E-state index contributed by atoms with van der Waals surface area (Å²) in [4.78, 5) is 23.4. The van der Waals surface area contributed by atoms with Crippen molar-refractivity contribution in [1.29, 1.82) is 5.26 Å². The van der Waals surface area contributed by atoms with E-state index in [2.05, 4.69) is 21.4 Å². The van der Waals surface area contributed by atoms with Gasteiger partial charge < -0.3 is 14.6 Å². The van der Waals surface area contributed by atoms with Gasteiger partial charge in [0.05, 0.1) is 19.6 Å². The highest BCUT2D eigenvalue weighted by atomic mass is 16.5. The first-order valence-electron chi connectivity index (χ1n) is 9.45. The number of ether oxygens (including phenoxy) is 1. The van der Waals surface area contributed by atoms with E-state index >= 15 is 0 Å². The van der Waals surface area contributed by atoms with E-state index in [9.17, 15) is 9.59 Å². The minimum Gasteiger partial charge on any atom is -0.453 e. The van der Waals surface area contributed by atoms with Gasteiger partial charge in [-0.1, -0.05) is 30.3 Å². The highest BCUT2D eigenvalue weighted by Crippen LogP contribution is 2.22. The number of hydrogen-bond donors (Lipinski definition) is 2. The lowest BCUT2D eigenvalue weighted by Crippen LogP contribution is -2.20. The third-order valence-corrected chi connectivity index (χ3v) is 4.55. The van der Waals surface area contributed by atoms with Crippen LogP contribution in [0, 0.1) is 11.3 Å². The second kappa shape index (κ2) is 9.94. The van der Waals surface area contributed by atoms with Gasteiger partial charge in [0, 0.05) is 47.5 Å². The molecule has 2 N–H and O–H groups in total. The summed E-state index contributed by atoms with van der Waals surface area (Å²) in [5, 5.41) is 15.3. The largest absolute Gasteiger partial charge is 0.453 e. The quantitative estimate of drug-likeness (QED) is 0.583. The summed E-state index contributed by atoms with van der Waals surface area (Å²) >= 11 is 0. The van der Waals surface area contributed by atoms with Gasteiger partial charge in [-0.3, -0.25) is 10.1 Å². The van der Waals surface area contributed by atoms with E-state index in [1.807, 2.05) is 47.2 Å². The number of amides is 2. The van der Waals surface area contributed by atoms with Gasteiger partial charge >= 0.3 is 6.09 Å². The average Bonchev–Trinajstić information content (AvgIpc) is 3.13. The number of nitriles is 1. The zero-order chi connectivity index (χ0) is 21.3. The van der Waals surface area contributed by atoms with Gasteiger partial charge in [0.2, 0.25) is 5.91 Å². The molecule has 2 amide bonds. The van der Waals surface area contributed by atoms with E-state index < -0.39 is 6.09 Å². The number of aryl methyl sites for hydroxylation is 1. The van der Waals surface area contributed by atoms with Crippen molar-refractivity contribution in [3.63, 3.8) is 0 Å². The lowest BCUT2D eigenvalue weighted by Gasteiger charge is -2.06. The molecule has 1 aromatic heterocycles. The first-order valence-corrected chi connectivity index (χ1v) is 9.45. The maximum absolute atomic E-state index is 12.2. The van der Waals surface area contributed by atoms with E-state index in [0.717, 1.165) is 22.0 Å². The molecule has 7 heteroatoms. The van der Waals surface area contributed by atoms with Crippen molar-refractivity contribution in [2.24, 2.45) is 0 Å². The van der Waals surface area contributed by atoms with Crippen LogP contribution in [0.2, 0.25) is 0 Å². The van der Waals surface area contributed by atoms with Crippen LogP contribution in [-0.2, 0) is 22.6 Å². The summed E-state index contributed by atoms with van der Waals surface area (Å²) in [5.41, 5.74) is 3.48. The van der Waals surface area contributed by atoms with Gasteiger partial charge in [0.1, 0.15) is 0 Å². The zero-order valence-corrected chi connectivity index (χ0v) is 16.6. The minimum atomic E-state index is -0.532. The third kappa shape index (κ3) is 5.26. The fraction of sp³-hybridized carbons (Fsp3) is 0.174. The molecule has 0 bridgehead atoms. The molecule has 1 heterocycles. The van der Waals surface area contributed by atoms with Crippen molar-refractivity contribution >= 4 is 34.7 Å². The van der Waals surface area contributed by atoms with E-state index in [0.29, 0.717) is 25.2 Å². The fourth-order valence-corrected chi connectivity index (χ4v) is 3.05. The zero-order valence-electron chi connectivity index (χ0n) is 16.6. The average molecular weight is 402 g/mol. The number of methoxy groups -OCH3 is 1. The molecule has 7 nitrogen and oxygen atoms in total. The molecular weight excluding hydrogens is 380 g/mol. The van der Waals surface area contributed by atoms with Crippen LogP contribution in [0.1, 0.15) is 17.5 Å². The Hall–Kier alpha value is -4.05. The Labute approximate surface area is 174 Å². The molecule has 0 aliphatic rings. The number of rotatable bonds is 7. The lowest BCUT2D eigenvalue weighted by atomic mass is 10.1. The van der Waals surface area contributed by atoms with Gasteiger partial charge in [-0.05, 0) is 29.8 Å². The number of fused-ring (bicyclic) bond motifs is 1. The minimum absolute atomic E-state index is 0.208. The summed E-state index contributed by atoms with van der Waals surface area (Å²) < 4.78 is 6.57. The molecule has 0 aliphatic carbocycles.